The first-order valence-electron chi connectivity index (χ1n) is 16.6. The molecule has 12 nitrogen and oxygen atoms in total. The third kappa shape index (κ3) is 6.82. The summed E-state index contributed by atoms with van der Waals surface area (Å²) in [5, 5.41) is 0. The Morgan fingerprint density at radius 1 is 1.00 bits per heavy atom. The minimum atomic E-state index is -4.18. The molecule has 3 aliphatic heterocycles. The van der Waals surface area contributed by atoms with Crippen LogP contribution in [0, 0.1) is 19.3 Å². The predicted octanol–water partition coefficient (Wildman–Crippen LogP) is 5.17. The molecule has 0 spiro atoms. The van der Waals surface area contributed by atoms with Gasteiger partial charge in [0.25, 0.3) is 15.9 Å². The summed E-state index contributed by atoms with van der Waals surface area (Å²) >= 11 is 0. The minimum absolute atomic E-state index is 0.0821. The van der Waals surface area contributed by atoms with E-state index in [1.807, 2.05) is 32.0 Å². The van der Waals surface area contributed by atoms with E-state index in [0.717, 1.165) is 42.1 Å². The molecule has 2 aromatic carbocycles. The van der Waals surface area contributed by atoms with E-state index in [0.29, 0.717) is 17.8 Å². The largest absolute Gasteiger partial charge is 0.475 e. The molecule has 0 unspecified atom stereocenters. The fourth-order valence-electron chi connectivity index (χ4n) is 6.95. The fraction of sp³-hybridized carbons (Fsp3) is 0.417. The Kier molecular flexibility index (Phi) is 8.52. The molecular weight excluding hydrogens is 643 g/mol. The van der Waals surface area contributed by atoms with E-state index in [1.165, 1.54) is 12.1 Å². The molecule has 49 heavy (non-hydrogen) atoms. The van der Waals surface area contributed by atoms with Gasteiger partial charge in [0.15, 0.2) is 0 Å². The molecule has 3 atom stereocenters. The molecule has 2 saturated heterocycles. The molecule has 4 bridgehead atoms. The third-order valence-corrected chi connectivity index (χ3v) is 10.6. The van der Waals surface area contributed by atoms with Crippen LogP contribution in [0.25, 0.3) is 11.3 Å². The molecule has 0 radical (unpaired) electrons. The number of amides is 1. The van der Waals surface area contributed by atoms with E-state index in [2.05, 4.69) is 45.3 Å². The highest BCUT2D eigenvalue weighted by molar-refractivity contribution is 7.92. The zero-order valence-electron chi connectivity index (χ0n) is 28.4. The van der Waals surface area contributed by atoms with Crippen molar-refractivity contribution in [2.24, 2.45) is 5.41 Å². The molecule has 7 rings (SSSR count). The van der Waals surface area contributed by atoms with Crippen molar-refractivity contribution in [1.29, 1.82) is 0 Å². The lowest BCUT2D eigenvalue weighted by Gasteiger charge is -2.43. The van der Waals surface area contributed by atoms with Crippen LogP contribution >= 0.6 is 0 Å². The van der Waals surface area contributed by atoms with Crippen LogP contribution in [-0.2, 0) is 21.3 Å². The number of nitrogens with zero attached hydrogens (tertiary/aromatic N) is 6. The molecule has 256 valence electrons. The number of anilines is 2. The predicted molar refractivity (Wildman–Crippen MR) is 185 cm³/mol. The molecule has 3 aliphatic rings. The van der Waals surface area contributed by atoms with Gasteiger partial charge in [-0.15, -0.1) is 0 Å². The van der Waals surface area contributed by atoms with Gasteiger partial charge in [0.05, 0.1) is 53.4 Å². The van der Waals surface area contributed by atoms with Crippen LogP contribution in [0.1, 0.15) is 60.8 Å². The van der Waals surface area contributed by atoms with E-state index in [9.17, 15) is 13.2 Å². The number of fused-ring (bicyclic) bond motifs is 5. The molecule has 1 amide bonds. The van der Waals surface area contributed by atoms with Gasteiger partial charge >= 0.3 is 0 Å². The number of nitrogens with one attached hydrogen (secondary N) is 1. The minimum Gasteiger partial charge on any atom is -0.475 e. The Labute approximate surface area is 287 Å². The van der Waals surface area contributed by atoms with Crippen molar-refractivity contribution in [2.75, 3.05) is 29.4 Å². The van der Waals surface area contributed by atoms with Crippen LogP contribution < -0.4 is 14.4 Å². The SMILES string of the molecule is Cc1cccc(C)c1-c1cc2nc(n1)NS(=O)(=O)c1cccc(c1)C(=O)N(Cc1cncc(N3C[C@@H]4OCC[C@@H]43)n1)[C@H](CC(C)(C)C)CO2. The summed E-state index contributed by atoms with van der Waals surface area (Å²) in [5.74, 6) is 0.473. The van der Waals surface area contributed by atoms with Crippen molar-refractivity contribution in [2.45, 2.75) is 77.1 Å². The number of ether oxygens (including phenoxy) is 2. The Morgan fingerprint density at radius 2 is 1.78 bits per heavy atom. The highest BCUT2D eigenvalue weighted by Gasteiger charge is 2.44. The number of carbonyl (C=O) groups is 1. The van der Waals surface area contributed by atoms with Gasteiger partial charge < -0.3 is 19.3 Å². The highest BCUT2D eigenvalue weighted by atomic mass is 32.2. The molecule has 2 fully saturated rings. The first kappa shape index (κ1) is 32.9. The first-order valence-corrected chi connectivity index (χ1v) is 18.0. The number of carbonyl (C=O) groups excluding carboxylic acids is 1. The summed E-state index contributed by atoms with van der Waals surface area (Å²) < 4.78 is 42.1. The van der Waals surface area contributed by atoms with Crippen LogP contribution in [0.5, 0.6) is 5.88 Å². The normalized spacial score (nSPS) is 21.7. The Balaban J connectivity index is 1.31. The molecule has 0 saturated carbocycles. The summed E-state index contributed by atoms with van der Waals surface area (Å²) in [6.07, 6.45) is 5.16. The number of aromatic nitrogens is 4. The molecule has 4 aromatic rings. The topological polar surface area (TPSA) is 140 Å². The van der Waals surface area contributed by atoms with Gasteiger partial charge in [0.2, 0.25) is 11.8 Å². The summed E-state index contributed by atoms with van der Waals surface area (Å²) in [4.78, 5) is 36.9. The van der Waals surface area contributed by atoms with Crippen LogP contribution in [-0.4, -0.2) is 77.1 Å². The van der Waals surface area contributed by atoms with Crippen LogP contribution in [0.15, 0.2) is 65.8 Å². The lowest BCUT2D eigenvalue weighted by molar-refractivity contribution is 0.0509. The maximum absolute atomic E-state index is 14.5. The first-order chi connectivity index (χ1) is 23.3. The monoisotopic (exact) mass is 683 g/mol. The molecule has 13 heteroatoms. The highest BCUT2D eigenvalue weighted by Crippen LogP contribution is 2.34. The van der Waals surface area contributed by atoms with Gasteiger partial charge in [-0.05, 0) is 61.4 Å². The smallest absolute Gasteiger partial charge is 0.264 e. The standard InChI is InChI=1S/C36H41N7O5S/c1-22-8-6-9-23(2)33(22)28-15-32-40-35(39-28)41-49(45,46)27-11-7-10-24(14-27)34(44)42(26(21-48-32)16-36(3,4)5)19-25-17-37-18-31(38-25)43-20-30-29(43)12-13-47-30/h6-11,14-15,17-18,26,29-30H,12-13,16,19-21H2,1-5H3,(H,39,40,41)/t26-,29+,30+/m1/s1. The van der Waals surface area contributed by atoms with Gasteiger partial charge in [-0.1, -0.05) is 45.0 Å². The number of hydrogen-bond acceptors (Lipinski definition) is 10. The van der Waals surface area contributed by atoms with Crippen LogP contribution in [0.3, 0.4) is 0 Å². The van der Waals surface area contributed by atoms with Gasteiger partial charge in [0, 0.05) is 30.3 Å². The second-order valence-corrected chi connectivity index (χ2v) is 15.9. The number of sulfonamides is 1. The molecule has 1 N–H and O–H groups in total. The Bertz CT molecular complexity index is 1990. The van der Waals surface area contributed by atoms with E-state index in [4.69, 9.17) is 14.5 Å². The van der Waals surface area contributed by atoms with E-state index < -0.39 is 16.1 Å². The van der Waals surface area contributed by atoms with Crippen LogP contribution in [0.2, 0.25) is 0 Å². The number of rotatable bonds is 5. The summed E-state index contributed by atoms with van der Waals surface area (Å²) in [5.41, 5.74) is 3.98. The fourth-order valence-corrected chi connectivity index (χ4v) is 7.94. The second-order valence-electron chi connectivity index (χ2n) is 14.3. The molecule has 2 aromatic heterocycles. The van der Waals surface area contributed by atoms with E-state index in [1.54, 1.807) is 35.5 Å². The summed E-state index contributed by atoms with van der Waals surface area (Å²) in [6.45, 7) is 12.0. The van der Waals surface area contributed by atoms with Gasteiger partial charge in [-0.3, -0.25) is 9.78 Å². The Hall–Kier alpha value is -4.62. The number of aryl methyl sites for hydroxylation is 2. The molecule has 0 aliphatic carbocycles. The van der Waals surface area contributed by atoms with Gasteiger partial charge in [0.1, 0.15) is 12.4 Å². The van der Waals surface area contributed by atoms with Crippen LogP contribution in [0.4, 0.5) is 11.8 Å². The molecular formula is C36H41N7O5S. The second kappa shape index (κ2) is 12.7. The van der Waals surface area contributed by atoms with Gasteiger partial charge in [-0.25, -0.2) is 23.1 Å². The lowest BCUT2D eigenvalue weighted by Crippen LogP contribution is -2.58. The maximum atomic E-state index is 14.5. The van der Waals surface area contributed by atoms with E-state index >= 15 is 0 Å². The van der Waals surface area contributed by atoms with Crippen molar-refractivity contribution in [3.63, 3.8) is 0 Å². The van der Waals surface area contributed by atoms with Crippen molar-refractivity contribution in [3.05, 3.63) is 83.3 Å². The van der Waals surface area contributed by atoms with Gasteiger partial charge in [-0.2, -0.15) is 4.98 Å². The van der Waals surface area contributed by atoms with Crippen molar-refractivity contribution in [3.8, 4) is 17.1 Å². The average Bonchev–Trinajstić information content (AvgIpc) is 3.40. The summed E-state index contributed by atoms with van der Waals surface area (Å²) in [6, 6.07) is 13.5. The van der Waals surface area contributed by atoms with Crippen molar-refractivity contribution < 1.29 is 22.7 Å². The molecule has 5 heterocycles. The number of benzene rings is 2. The van der Waals surface area contributed by atoms with Crippen molar-refractivity contribution >= 4 is 27.7 Å². The van der Waals surface area contributed by atoms with E-state index in [-0.39, 0.29) is 58.9 Å². The average molecular weight is 684 g/mol. The lowest BCUT2D eigenvalue weighted by atomic mass is 9.87. The zero-order chi connectivity index (χ0) is 34.5. The Morgan fingerprint density at radius 3 is 2.53 bits per heavy atom. The van der Waals surface area contributed by atoms with Crippen molar-refractivity contribution in [1.82, 2.24) is 24.8 Å². The summed E-state index contributed by atoms with van der Waals surface area (Å²) in [7, 11) is -4.18. The maximum Gasteiger partial charge on any atom is 0.264 e. The third-order valence-electron chi connectivity index (χ3n) is 9.28. The number of hydrogen-bond donors (Lipinski definition) is 1. The quantitative estimate of drug-likeness (QED) is 0.300. The zero-order valence-corrected chi connectivity index (χ0v) is 29.2.